The first-order chi connectivity index (χ1) is 9.69. The van der Waals surface area contributed by atoms with Gasteiger partial charge in [0.15, 0.2) is 5.13 Å². The quantitative estimate of drug-likeness (QED) is 0.768. The summed E-state index contributed by atoms with van der Waals surface area (Å²) in [4.78, 5) is 16.3. The maximum atomic E-state index is 10.6. The number of nitrogens with one attached hydrogen (secondary N) is 1. The Balaban J connectivity index is 1.98. The van der Waals surface area contributed by atoms with Gasteiger partial charge in [-0.05, 0) is 17.9 Å². The molecule has 0 bridgehead atoms. The van der Waals surface area contributed by atoms with Crippen LogP contribution in [0.5, 0.6) is 0 Å². The number of thiophene rings is 1. The normalized spacial score (nSPS) is 12.2. The van der Waals surface area contributed by atoms with Crippen LogP contribution in [0.3, 0.4) is 0 Å². The molecule has 0 aliphatic carbocycles. The fraction of sp³-hybridized carbons (Fsp3) is 0.429. The van der Waals surface area contributed by atoms with Gasteiger partial charge < -0.3 is 10.4 Å². The Kier molecular flexibility index (Phi) is 5.55. The topological polar surface area (TPSA) is 62.2 Å². The van der Waals surface area contributed by atoms with Gasteiger partial charge in [0, 0.05) is 16.7 Å². The number of aryl methyl sites for hydroxylation is 1. The number of nitrogens with zero attached hydrogens (tertiary/aromatic N) is 1. The lowest BCUT2D eigenvalue weighted by atomic mass is 10.1. The lowest BCUT2D eigenvalue weighted by Gasteiger charge is -2.15. The van der Waals surface area contributed by atoms with Crippen LogP contribution >= 0.6 is 22.7 Å². The molecule has 0 fully saturated rings. The molecular formula is C14H18N2O2S2. The highest BCUT2D eigenvalue weighted by molar-refractivity contribution is 7.13. The van der Waals surface area contributed by atoms with E-state index < -0.39 is 5.97 Å². The Hall–Kier alpha value is -1.40. The summed E-state index contributed by atoms with van der Waals surface area (Å²) in [5.41, 5.74) is 0.848. The molecule has 2 aromatic rings. The molecule has 0 radical (unpaired) electrons. The van der Waals surface area contributed by atoms with E-state index in [1.165, 1.54) is 4.88 Å². The molecule has 2 aromatic heterocycles. The predicted octanol–water partition coefficient (Wildman–Crippen LogP) is 4.18. The number of carboxylic acid groups (broad SMARTS) is 1. The fourth-order valence-corrected chi connectivity index (χ4v) is 3.55. The first-order valence-electron chi connectivity index (χ1n) is 6.65. The molecule has 2 heterocycles. The summed E-state index contributed by atoms with van der Waals surface area (Å²) >= 11 is 3.29. The molecule has 0 aliphatic heterocycles. The van der Waals surface area contributed by atoms with Crippen molar-refractivity contribution in [1.82, 2.24) is 4.98 Å². The summed E-state index contributed by atoms with van der Waals surface area (Å²) in [6.07, 6.45) is 2.79. The zero-order valence-corrected chi connectivity index (χ0v) is 13.0. The van der Waals surface area contributed by atoms with Crippen molar-refractivity contribution in [2.45, 2.75) is 38.6 Å². The van der Waals surface area contributed by atoms with Gasteiger partial charge in [-0.15, -0.1) is 22.7 Å². The van der Waals surface area contributed by atoms with E-state index >= 15 is 0 Å². The van der Waals surface area contributed by atoms with E-state index in [0.717, 1.165) is 23.7 Å². The van der Waals surface area contributed by atoms with Gasteiger partial charge in [-0.25, -0.2) is 4.98 Å². The van der Waals surface area contributed by atoms with E-state index in [0.29, 0.717) is 12.5 Å². The molecule has 0 saturated heterocycles. The van der Waals surface area contributed by atoms with Gasteiger partial charge in [0.1, 0.15) is 0 Å². The third kappa shape index (κ3) is 4.31. The van der Waals surface area contributed by atoms with Gasteiger partial charge in [-0.2, -0.15) is 0 Å². The van der Waals surface area contributed by atoms with E-state index in [1.807, 2.05) is 5.38 Å². The molecule has 0 spiro atoms. The van der Waals surface area contributed by atoms with Crippen LogP contribution in [-0.2, 0) is 11.2 Å². The van der Waals surface area contributed by atoms with Gasteiger partial charge >= 0.3 is 5.97 Å². The van der Waals surface area contributed by atoms with Crippen molar-refractivity contribution in [3.8, 4) is 0 Å². The number of carbonyl (C=O) groups is 1. The Bertz CT molecular complexity index is 537. The SMILES string of the molecule is CCCC(Nc1nc(CCC(=O)O)cs1)c1cccs1. The molecule has 0 aliphatic rings. The highest BCUT2D eigenvalue weighted by Crippen LogP contribution is 2.29. The van der Waals surface area contributed by atoms with Gasteiger partial charge in [-0.3, -0.25) is 4.79 Å². The maximum Gasteiger partial charge on any atom is 0.303 e. The number of anilines is 1. The second kappa shape index (κ2) is 7.40. The number of carboxylic acids is 1. The molecule has 108 valence electrons. The van der Waals surface area contributed by atoms with Crippen LogP contribution in [0.2, 0.25) is 0 Å². The zero-order valence-electron chi connectivity index (χ0n) is 11.3. The molecule has 1 unspecified atom stereocenters. The molecular weight excluding hydrogens is 292 g/mol. The first kappa shape index (κ1) is 15.0. The van der Waals surface area contributed by atoms with Crippen molar-refractivity contribution in [1.29, 1.82) is 0 Å². The van der Waals surface area contributed by atoms with Crippen molar-refractivity contribution in [3.05, 3.63) is 33.5 Å². The minimum Gasteiger partial charge on any atom is -0.481 e. The summed E-state index contributed by atoms with van der Waals surface area (Å²) in [5.74, 6) is -0.782. The van der Waals surface area contributed by atoms with Gasteiger partial charge in [0.25, 0.3) is 0 Å². The Morgan fingerprint density at radius 2 is 2.35 bits per heavy atom. The minimum atomic E-state index is -0.782. The van der Waals surface area contributed by atoms with Gasteiger partial charge in [0.05, 0.1) is 18.2 Å². The van der Waals surface area contributed by atoms with E-state index in [2.05, 4.69) is 34.7 Å². The molecule has 0 saturated carbocycles. The molecule has 0 aromatic carbocycles. The van der Waals surface area contributed by atoms with Crippen molar-refractivity contribution in [2.75, 3.05) is 5.32 Å². The molecule has 20 heavy (non-hydrogen) atoms. The summed E-state index contributed by atoms with van der Waals surface area (Å²) in [6.45, 7) is 2.17. The summed E-state index contributed by atoms with van der Waals surface area (Å²) in [6, 6.07) is 4.49. The van der Waals surface area contributed by atoms with Crippen LogP contribution in [0.4, 0.5) is 5.13 Å². The standard InChI is InChI=1S/C14H18N2O2S2/c1-2-4-11(12-5-3-8-19-12)16-14-15-10(9-20-14)6-7-13(17)18/h3,5,8-9,11H,2,4,6-7H2,1H3,(H,15,16)(H,17,18). The monoisotopic (exact) mass is 310 g/mol. The van der Waals surface area contributed by atoms with Crippen molar-refractivity contribution >= 4 is 33.8 Å². The van der Waals surface area contributed by atoms with Crippen LogP contribution in [0, 0.1) is 0 Å². The number of hydrogen-bond acceptors (Lipinski definition) is 5. The summed E-state index contributed by atoms with van der Waals surface area (Å²) in [5, 5.41) is 17.0. The highest BCUT2D eigenvalue weighted by Gasteiger charge is 2.13. The number of thiazole rings is 1. The van der Waals surface area contributed by atoms with Crippen molar-refractivity contribution in [2.24, 2.45) is 0 Å². The van der Waals surface area contributed by atoms with E-state index in [4.69, 9.17) is 5.11 Å². The summed E-state index contributed by atoms with van der Waals surface area (Å²) < 4.78 is 0. The van der Waals surface area contributed by atoms with Crippen molar-refractivity contribution in [3.63, 3.8) is 0 Å². The lowest BCUT2D eigenvalue weighted by Crippen LogP contribution is -2.09. The second-order valence-corrected chi connectivity index (χ2v) is 6.38. The fourth-order valence-electron chi connectivity index (χ4n) is 1.94. The minimum absolute atomic E-state index is 0.131. The Morgan fingerprint density at radius 1 is 1.50 bits per heavy atom. The van der Waals surface area contributed by atoms with E-state index in [9.17, 15) is 4.79 Å². The average Bonchev–Trinajstić information content (AvgIpc) is 3.07. The lowest BCUT2D eigenvalue weighted by molar-refractivity contribution is -0.136. The predicted molar refractivity (Wildman–Crippen MR) is 83.7 cm³/mol. The molecule has 4 nitrogen and oxygen atoms in total. The third-order valence-corrected chi connectivity index (χ3v) is 4.72. The number of aromatic nitrogens is 1. The molecule has 6 heteroatoms. The zero-order chi connectivity index (χ0) is 14.4. The van der Waals surface area contributed by atoms with Crippen LogP contribution in [0.25, 0.3) is 0 Å². The molecule has 1 atom stereocenters. The van der Waals surface area contributed by atoms with Gasteiger partial charge in [-0.1, -0.05) is 19.4 Å². The van der Waals surface area contributed by atoms with E-state index in [-0.39, 0.29) is 6.42 Å². The summed E-state index contributed by atoms with van der Waals surface area (Å²) in [7, 11) is 0. The number of hydrogen-bond donors (Lipinski definition) is 2. The second-order valence-electron chi connectivity index (χ2n) is 4.54. The Labute approximate surface area is 126 Å². The van der Waals surface area contributed by atoms with E-state index in [1.54, 1.807) is 22.7 Å². The average molecular weight is 310 g/mol. The largest absolute Gasteiger partial charge is 0.481 e. The number of rotatable bonds is 8. The Morgan fingerprint density at radius 3 is 3.00 bits per heavy atom. The van der Waals surface area contributed by atoms with Crippen LogP contribution in [-0.4, -0.2) is 16.1 Å². The molecule has 0 amide bonds. The van der Waals surface area contributed by atoms with Gasteiger partial charge in [0.2, 0.25) is 0 Å². The maximum absolute atomic E-state index is 10.6. The third-order valence-electron chi connectivity index (χ3n) is 2.91. The smallest absolute Gasteiger partial charge is 0.303 e. The van der Waals surface area contributed by atoms with Crippen LogP contribution in [0.15, 0.2) is 22.9 Å². The van der Waals surface area contributed by atoms with Crippen LogP contribution in [0.1, 0.15) is 42.8 Å². The first-order valence-corrected chi connectivity index (χ1v) is 8.41. The number of aliphatic carboxylic acids is 1. The molecule has 2 N–H and O–H groups in total. The highest BCUT2D eigenvalue weighted by atomic mass is 32.1. The van der Waals surface area contributed by atoms with Crippen LogP contribution < -0.4 is 5.32 Å². The van der Waals surface area contributed by atoms with Crippen molar-refractivity contribution < 1.29 is 9.90 Å². The molecule has 2 rings (SSSR count).